The van der Waals surface area contributed by atoms with E-state index in [0.717, 1.165) is 0 Å². The second-order valence-electron chi connectivity index (χ2n) is 3.91. The summed E-state index contributed by atoms with van der Waals surface area (Å²) in [7, 11) is 0. The third-order valence-corrected chi connectivity index (χ3v) is 2.69. The maximum absolute atomic E-state index is 11.2. The number of rotatable bonds is 7. The van der Waals surface area contributed by atoms with Gasteiger partial charge in [0, 0.05) is 42.7 Å². The van der Waals surface area contributed by atoms with Crippen LogP contribution in [0.2, 0.25) is 5.02 Å². The molecule has 1 amide bonds. The molecule has 6 nitrogen and oxygen atoms in total. The zero-order valence-corrected chi connectivity index (χ0v) is 11.4. The van der Waals surface area contributed by atoms with Gasteiger partial charge in [0.1, 0.15) is 0 Å². The Balaban J connectivity index is 2.51. The van der Waals surface area contributed by atoms with Gasteiger partial charge in [-0.3, -0.25) is 14.9 Å². The molecule has 1 aromatic rings. The summed E-state index contributed by atoms with van der Waals surface area (Å²) < 4.78 is 0. The molecule has 0 aliphatic heterocycles. The summed E-state index contributed by atoms with van der Waals surface area (Å²) in [5.74, 6) is -0.0457. The van der Waals surface area contributed by atoms with Crippen molar-refractivity contribution in [2.24, 2.45) is 0 Å². The Labute approximate surface area is 116 Å². The molecule has 0 aromatic heterocycles. The number of nitrogens with zero attached hydrogens (tertiary/aromatic N) is 1. The lowest BCUT2D eigenvalue weighted by atomic mass is 10.2. The van der Waals surface area contributed by atoms with Crippen molar-refractivity contribution in [1.82, 2.24) is 10.6 Å². The van der Waals surface area contributed by atoms with Gasteiger partial charge in [-0.05, 0) is 19.1 Å². The largest absolute Gasteiger partial charge is 0.356 e. The molecule has 0 heterocycles. The van der Waals surface area contributed by atoms with Gasteiger partial charge in [0.2, 0.25) is 5.91 Å². The number of nitrogens with one attached hydrogen (secondary N) is 2. The molecule has 0 spiro atoms. The minimum atomic E-state index is -0.447. The predicted octanol–water partition coefficient (Wildman–Crippen LogP) is 1.86. The first-order valence-electron chi connectivity index (χ1n) is 5.94. The van der Waals surface area contributed by atoms with Crippen molar-refractivity contribution in [2.75, 3.05) is 13.1 Å². The summed E-state index contributed by atoms with van der Waals surface area (Å²) in [6, 6.07) is 4.42. The summed E-state index contributed by atoms with van der Waals surface area (Å²) in [6.45, 7) is 3.20. The second-order valence-corrected chi connectivity index (χ2v) is 4.35. The number of nitro groups is 1. The molecule has 0 aliphatic rings. The van der Waals surface area contributed by atoms with Gasteiger partial charge in [0.15, 0.2) is 0 Å². The summed E-state index contributed by atoms with van der Waals surface area (Å²) in [4.78, 5) is 21.6. The van der Waals surface area contributed by atoms with Crippen molar-refractivity contribution >= 4 is 23.2 Å². The SMILES string of the molecule is CCNC(=O)CCNCc1cc(Cl)ccc1[N+](=O)[O-]. The number of hydrogen-bond acceptors (Lipinski definition) is 4. The van der Waals surface area contributed by atoms with Crippen LogP contribution in [0.3, 0.4) is 0 Å². The van der Waals surface area contributed by atoms with E-state index in [1.54, 1.807) is 6.07 Å². The molecule has 0 saturated heterocycles. The summed E-state index contributed by atoms with van der Waals surface area (Å²) >= 11 is 5.81. The van der Waals surface area contributed by atoms with Crippen LogP contribution in [-0.4, -0.2) is 23.9 Å². The third kappa shape index (κ3) is 5.23. The van der Waals surface area contributed by atoms with Gasteiger partial charge >= 0.3 is 0 Å². The van der Waals surface area contributed by atoms with Gasteiger partial charge in [-0.2, -0.15) is 0 Å². The highest BCUT2D eigenvalue weighted by Crippen LogP contribution is 2.22. The number of benzene rings is 1. The fraction of sp³-hybridized carbons (Fsp3) is 0.417. The van der Waals surface area contributed by atoms with Gasteiger partial charge in [0.25, 0.3) is 5.69 Å². The summed E-state index contributed by atoms with van der Waals surface area (Å²) in [5.41, 5.74) is 0.531. The van der Waals surface area contributed by atoms with Crippen LogP contribution in [0, 0.1) is 10.1 Å². The standard InChI is InChI=1S/C12H16ClN3O3/c1-2-15-12(17)5-6-14-8-9-7-10(13)3-4-11(9)16(18)19/h3-4,7,14H,2,5-6,8H2,1H3,(H,15,17). The van der Waals surface area contributed by atoms with Gasteiger partial charge < -0.3 is 10.6 Å². The van der Waals surface area contributed by atoms with Crippen molar-refractivity contribution in [1.29, 1.82) is 0 Å². The highest BCUT2D eigenvalue weighted by atomic mass is 35.5. The quantitative estimate of drug-likeness (QED) is 0.455. The van der Waals surface area contributed by atoms with Crippen molar-refractivity contribution in [3.05, 3.63) is 38.9 Å². The Morgan fingerprint density at radius 3 is 2.84 bits per heavy atom. The zero-order valence-electron chi connectivity index (χ0n) is 10.6. The van der Waals surface area contributed by atoms with E-state index < -0.39 is 4.92 Å². The molecule has 1 rings (SSSR count). The van der Waals surface area contributed by atoms with Crippen LogP contribution in [0.1, 0.15) is 18.9 Å². The molecular weight excluding hydrogens is 270 g/mol. The van der Waals surface area contributed by atoms with Crippen LogP contribution in [0.4, 0.5) is 5.69 Å². The predicted molar refractivity (Wildman–Crippen MR) is 73.1 cm³/mol. The van der Waals surface area contributed by atoms with Crippen molar-refractivity contribution in [3.63, 3.8) is 0 Å². The molecule has 19 heavy (non-hydrogen) atoms. The topological polar surface area (TPSA) is 84.3 Å². The lowest BCUT2D eigenvalue weighted by molar-refractivity contribution is -0.385. The number of halogens is 1. The number of nitro benzene ring substituents is 1. The molecule has 0 unspecified atom stereocenters. The van der Waals surface area contributed by atoms with E-state index in [2.05, 4.69) is 10.6 Å². The first-order chi connectivity index (χ1) is 9.04. The maximum atomic E-state index is 11.2. The van der Waals surface area contributed by atoms with Crippen LogP contribution in [0.25, 0.3) is 0 Å². The zero-order chi connectivity index (χ0) is 14.3. The minimum Gasteiger partial charge on any atom is -0.356 e. The highest BCUT2D eigenvalue weighted by molar-refractivity contribution is 6.30. The van der Waals surface area contributed by atoms with Gasteiger partial charge in [0.05, 0.1) is 4.92 Å². The molecule has 0 radical (unpaired) electrons. The van der Waals surface area contributed by atoms with Crippen LogP contribution in [0.15, 0.2) is 18.2 Å². The Hall–Kier alpha value is -1.66. The second kappa shape index (κ2) is 7.70. The van der Waals surface area contributed by atoms with Gasteiger partial charge in [-0.1, -0.05) is 11.6 Å². The van der Waals surface area contributed by atoms with Gasteiger partial charge in [-0.15, -0.1) is 0 Å². The molecule has 0 bridgehead atoms. The number of carbonyl (C=O) groups is 1. The number of hydrogen-bond donors (Lipinski definition) is 2. The van der Waals surface area contributed by atoms with Crippen LogP contribution >= 0.6 is 11.6 Å². The number of amides is 1. The molecule has 2 N–H and O–H groups in total. The molecule has 7 heteroatoms. The van der Waals surface area contributed by atoms with Crippen LogP contribution in [0.5, 0.6) is 0 Å². The maximum Gasteiger partial charge on any atom is 0.273 e. The molecule has 0 aliphatic carbocycles. The first-order valence-corrected chi connectivity index (χ1v) is 6.32. The van der Waals surface area contributed by atoms with Crippen LogP contribution in [-0.2, 0) is 11.3 Å². The fourth-order valence-electron chi connectivity index (χ4n) is 1.58. The Kier molecular flexibility index (Phi) is 6.24. The average molecular weight is 286 g/mol. The van der Waals surface area contributed by atoms with Crippen molar-refractivity contribution in [3.8, 4) is 0 Å². The fourth-order valence-corrected chi connectivity index (χ4v) is 1.78. The molecule has 0 saturated carbocycles. The van der Waals surface area contributed by atoms with Crippen LogP contribution < -0.4 is 10.6 Å². The Bertz CT molecular complexity index is 466. The van der Waals surface area contributed by atoms with E-state index in [1.807, 2.05) is 6.92 Å². The highest BCUT2D eigenvalue weighted by Gasteiger charge is 2.13. The lowest BCUT2D eigenvalue weighted by Gasteiger charge is -2.06. The van der Waals surface area contributed by atoms with E-state index in [-0.39, 0.29) is 11.6 Å². The van der Waals surface area contributed by atoms with Gasteiger partial charge in [-0.25, -0.2) is 0 Å². The van der Waals surface area contributed by atoms with Crippen molar-refractivity contribution < 1.29 is 9.72 Å². The van der Waals surface area contributed by atoms with E-state index in [9.17, 15) is 14.9 Å². The molecule has 0 fully saturated rings. The minimum absolute atomic E-state index is 0.0231. The molecule has 104 valence electrons. The third-order valence-electron chi connectivity index (χ3n) is 2.46. The normalized spacial score (nSPS) is 10.2. The van der Waals surface area contributed by atoms with E-state index in [1.165, 1.54) is 12.1 Å². The van der Waals surface area contributed by atoms with E-state index in [0.29, 0.717) is 36.6 Å². The lowest BCUT2D eigenvalue weighted by Crippen LogP contribution is -2.27. The summed E-state index contributed by atoms with van der Waals surface area (Å²) in [5, 5.41) is 16.9. The smallest absolute Gasteiger partial charge is 0.273 e. The first kappa shape index (κ1) is 15.4. The Morgan fingerprint density at radius 2 is 2.21 bits per heavy atom. The van der Waals surface area contributed by atoms with Crippen molar-refractivity contribution in [2.45, 2.75) is 19.9 Å². The molecule has 1 aromatic carbocycles. The molecule has 0 atom stereocenters. The van der Waals surface area contributed by atoms with E-state index in [4.69, 9.17) is 11.6 Å². The van der Waals surface area contributed by atoms with E-state index >= 15 is 0 Å². The summed E-state index contributed by atoms with van der Waals surface area (Å²) in [6.07, 6.45) is 0.336. The molecular formula is C12H16ClN3O3. The monoisotopic (exact) mass is 285 g/mol. The average Bonchev–Trinajstić information content (AvgIpc) is 2.34. The Morgan fingerprint density at radius 1 is 1.47 bits per heavy atom. The number of carbonyl (C=O) groups excluding carboxylic acids is 1.